The van der Waals surface area contributed by atoms with Crippen molar-refractivity contribution in [2.75, 3.05) is 19.1 Å². The summed E-state index contributed by atoms with van der Waals surface area (Å²) in [6, 6.07) is 7.79. The third-order valence-electron chi connectivity index (χ3n) is 2.75. The quantitative estimate of drug-likeness (QED) is 0.592. The van der Waals surface area contributed by atoms with E-state index in [1.807, 2.05) is 30.5 Å². The minimum Gasteiger partial charge on any atom is -0.497 e. The number of rotatable bonds is 3. The number of thioether (sulfide) groups is 1. The number of hydrogen-bond acceptors (Lipinski definition) is 7. The van der Waals surface area contributed by atoms with E-state index >= 15 is 0 Å². The number of hydrogen-bond donors (Lipinski definition) is 1. The zero-order chi connectivity index (χ0) is 14.1. The van der Waals surface area contributed by atoms with Crippen molar-refractivity contribution in [3.8, 4) is 16.3 Å². The summed E-state index contributed by atoms with van der Waals surface area (Å²) in [5.41, 5.74) is 7.52. The van der Waals surface area contributed by atoms with Crippen LogP contribution in [0.1, 0.15) is 0 Å². The van der Waals surface area contributed by atoms with Gasteiger partial charge in [-0.1, -0.05) is 23.5 Å². The number of nitrogens with two attached hydrogens (primary N) is 1. The van der Waals surface area contributed by atoms with Crippen LogP contribution in [-0.4, -0.2) is 28.3 Å². The monoisotopic (exact) mass is 304 g/mol. The van der Waals surface area contributed by atoms with Crippen LogP contribution in [0.4, 0.5) is 5.95 Å². The van der Waals surface area contributed by atoms with E-state index in [1.165, 1.54) is 23.1 Å². The third-order valence-corrected chi connectivity index (χ3v) is 4.42. The average Bonchev–Trinajstić information content (AvgIpc) is 2.90. The molecule has 3 aromatic rings. The molecule has 5 nitrogen and oxygen atoms in total. The van der Waals surface area contributed by atoms with Gasteiger partial charge in [0.1, 0.15) is 21.3 Å². The predicted octanol–water partition coefficient (Wildman–Crippen LogP) is 3.07. The van der Waals surface area contributed by atoms with Gasteiger partial charge in [-0.2, -0.15) is 0 Å². The summed E-state index contributed by atoms with van der Waals surface area (Å²) >= 11 is 3.02. The molecule has 2 aromatic heterocycles. The number of methoxy groups -OCH3 is 1. The normalized spacial score (nSPS) is 10.9. The fraction of sp³-hybridized carbons (Fsp3) is 0.154. The molecule has 0 radical (unpaired) electrons. The van der Waals surface area contributed by atoms with Gasteiger partial charge in [0.05, 0.1) is 7.11 Å². The molecule has 2 heterocycles. The number of nitrogens with zero attached hydrogens (tertiary/aromatic N) is 3. The van der Waals surface area contributed by atoms with Crippen molar-refractivity contribution in [3.05, 3.63) is 24.3 Å². The Balaban J connectivity index is 2.17. The molecule has 0 bridgehead atoms. The van der Waals surface area contributed by atoms with Crippen LogP contribution < -0.4 is 10.5 Å². The lowest BCUT2D eigenvalue weighted by molar-refractivity contribution is 0.415. The molecule has 7 heteroatoms. The average molecular weight is 304 g/mol. The maximum Gasteiger partial charge on any atom is 0.222 e. The highest BCUT2D eigenvalue weighted by molar-refractivity contribution is 7.98. The summed E-state index contributed by atoms with van der Waals surface area (Å²) in [5, 5.41) is 1.69. The molecule has 1 aromatic carbocycles. The lowest BCUT2D eigenvalue weighted by atomic mass is 10.2. The maximum absolute atomic E-state index is 5.72. The Hall–Kier alpha value is -1.86. The molecule has 102 valence electrons. The van der Waals surface area contributed by atoms with Crippen LogP contribution in [0.5, 0.6) is 5.75 Å². The van der Waals surface area contributed by atoms with Gasteiger partial charge in [0, 0.05) is 5.56 Å². The van der Waals surface area contributed by atoms with Crippen molar-refractivity contribution in [1.29, 1.82) is 0 Å². The maximum atomic E-state index is 5.72. The zero-order valence-corrected chi connectivity index (χ0v) is 12.6. The molecular formula is C13H12N4OS2. The van der Waals surface area contributed by atoms with Crippen molar-refractivity contribution in [2.45, 2.75) is 5.03 Å². The SMILES string of the molecule is COc1cccc(-c2nc3c(SC)nc(N)nc3s2)c1. The van der Waals surface area contributed by atoms with Gasteiger partial charge in [-0.15, -0.1) is 11.8 Å². The largest absolute Gasteiger partial charge is 0.497 e. The Bertz CT molecular complexity index is 772. The first-order valence-corrected chi connectivity index (χ1v) is 7.88. The Labute approximate surface area is 124 Å². The van der Waals surface area contributed by atoms with E-state index in [-0.39, 0.29) is 5.95 Å². The molecule has 0 spiro atoms. The molecule has 2 N–H and O–H groups in total. The second kappa shape index (κ2) is 5.26. The third kappa shape index (κ3) is 2.30. The summed E-state index contributed by atoms with van der Waals surface area (Å²) in [5.74, 6) is 1.08. The molecule has 0 atom stereocenters. The van der Waals surface area contributed by atoms with Crippen molar-refractivity contribution in [1.82, 2.24) is 15.0 Å². The molecule has 20 heavy (non-hydrogen) atoms. The predicted molar refractivity (Wildman–Crippen MR) is 83.4 cm³/mol. The Morgan fingerprint density at radius 1 is 1.25 bits per heavy atom. The van der Waals surface area contributed by atoms with Crippen LogP contribution in [0.3, 0.4) is 0 Å². The van der Waals surface area contributed by atoms with Gasteiger partial charge in [0.25, 0.3) is 0 Å². The topological polar surface area (TPSA) is 73.9 Å². The number of ether oxygens (including phenoxy) is 1. The van der Waals surface area contributed by atoms with E-state index in [0.29, 0.717) is 0 Å². The summed E-state index contributed by atoms with van der Waals surface area (Å²) in [6.07, 6.45) is 1.95. The second-order valence-corrected chi connectivity index (χ2v) is 5.77. The molecular weight excluding hydrogens is 292 g/mol. The Kier molecular flexibility index (Phi) is 3.45. The van der Waals surface area contributed by atoms with Crippen molar-refractivity contribution < 1.29 is 4.74 Å². The van der Waals surface area contributed by atoms with Crippen LogP contribution in [0.25, 0.3) is 20.9 Å². The van der Waals surface area contributed by atoms with Gasteiger partial charge >= 0.3 is 0 Å². The summed E-state index contributed by atoms with van der Waals surface area (Å²) in [6.45, 7) is 0. The standard InChI is InChI=1S/C13H12N4OS2/c1-18-8-5-3-4-7(6-8)10-15-9-11(19-2)16-13(14)17-12(9)20-10/h3-6H,1-2H3,(H2,14,16,17). The van der Waals surface area contributed by atoms with E-state index in [1.54, 1.807) is 7.11 Å². The first-order valence-electron chi connectivity index (χ1n) is 5.83. The fourth-order valence-electron chi connectivity index (χ4n) is 1.84. The number of fused-ring (bicyclic) bond motifs is 1. The smallest absolute Gasteiger partial charge is 0.222 e. The fourth-order valence-corrected chi connectivity index (χ4v) is 3.36. The van der Waals surface area contributed by atoms with Crippen molar-refractivity contribution in [2.24, 2.45) is 0 Å². The van der Waals surface area contributed by atoms with Crippen LogP contribution in [0.15, 0.2) is 29.3 Å². The Morgan fingerprint density at radius 3 is 2.85 bits per heavy atom. The number of thiazole rings is 1. The zero-order valence-electron chi connectivity index (χ0n) is 11.0. The minimum absolute atomic E-state index is 0.280. The molecule has 0 saturated heterocycles. The van der Waals surface area contributed by atoms with Gasteiger partial charge in [-0.3, -0.25) is 0 Å². The van der Waals surface area contributed by atoms with Crippen LogP contribution in [-0.2, 0) is 0 Å². The summed E-state index contributed by atoms with van der Waals surface area (Å²) in [4.78, 5) is 13.9. The van der Waals surface area contributed by atoms with Gasteiger partial charge < -0.3 is 10.5 Å². The van der Waals surface area contributed by atoms with Crippen molar-refractivity contribution in [3.63, 3.8) is 0 Å². The first-order chi connectivity index (χ1) is 9.71. The van der Waals surface area contributed by atoms with Gasteiger partial charge in [0.15, 0.2) is 4.83 Å². The van der Waals surface area contributed by atoms with Crippen LogP contribution in [0, 0.1) is 0 Å². The van der Waals surface area contributed by atoms with Gasteiger partial charge in [-0.05, 0) is 18.4 Å². The summed E-state index contributed by atoms with van der Waals surface area (Å²) < 4.78 is 5.24. The van der Waals surface area contributed by atoms with Crippen LogP contribution in [0.2, 0.25) is 0 Å². The summed E-state index contributed by atoms with van der Waals surface area (Å²) in [7, 11) is 1.65. The van der Waals surface area contributed by atoms with Gasteiger partial charge in [-0.25, -0.2) is 15.0 Å². The van der Waals surface area contributed by atoms with Crippen molar-refractivity contribution >= 4 is 39.4 Å². The lowest BCUT2D eigenvalue weighted by Crippen LogP contribution is -1.95. The Morgan fingerprint density at radius 2 is 2.10 bits per heavy atom. The number of aromatic nitrogens is 3. The lowest BCUT2D eigenvalue weighted by Gasteiger charge is -2.00. The molecule has 0 aliphatic heterocycles. The number of nitrogen functional groups attached to an aromatic ring is 1. The highest BCUT2D eigenvalue weighted by atomic mass is 32.2. The van der Waals surface area contributed by atoms with Crippen LogP contribution >= 0.6 is 23.1 Å². The second-order valence-electron chi connectivity index (χ2n) is 4.00. The van der Waals surface area contributed by atoms with E-state index in [2.05, 4.69) is 15.0 Å². The highest BCUT2D eigenvalue weighted by Gasteiger charge is 2.13. The number of anilines is 1. The molecule has 0 fully saturated rings. The molecule has 3 rings (SSSR count). The molecule has 0 aliphatic carbocycles. The molecule has 0 amide bonds. The molecule has 0 saturated carbocycles. The minimum atomic E-state index is 0.280. The van der Waals surface area contributed by atoms with E-state index in [4.69, 9.17) is 10.5 Å². The van der Waals surface area contributed by atoms with E-state index < -0.39 is 0 Å². The highest BCUT2D eigenvalue weighted by Crippen LogP contribution is 2.34. The molecule has 0 aliphatic rings. The molecule has 0 unspecified atom stereocenters. The van der Waals surface area contributed by atoms with E-state index in [0.717, 1.165) is 31.7 Å². The number of benzene rings is 1. The van der Waals surface area contributed by atoms with E-state index in [9.17, 15) is 0 Å². The first kappa shape index (κ1) is 13.1. The van der Waals surface area contributed by atoms with Gasteiger partial charge in [0.2, 0.25) is 5.95 Å².